The van der Waals surface area contributed by atoms with E-state index in [1.165, 1.54) is 6.20 Å². The standard InChI is InChI=1S/C22H25ClN6O3S/c1-33(31,32)29-12-9-18(27-29)14-28-11-10-21(19(15-28)20-8-7-16(23)13-24-20)26-22(30)25-17-5-3-2-4-6-17/h2-9,12-13,19,21H,10-11,14-15H2,1H3,(H2,25,26,30). The van der Waals surface area contributed by atoms with E-state index in [0.29, 0.717) is 36.8 Å². The van der Waals surface area contributed by atoms with Gasteiger partial charge in [-0.2, -0.15) is 9.19 Å². The average molecular weight is 489 g/mol. The molecule has 2 amide bonds. The van der Waals surface area contributed by atoms with Gasteiger partial charge in [0.15, 0.2) is 0 Å². The summed E-state index contributed by atoms with van der Waals surface area (Å²) in [6.45, 7) is 1.83. The first-order valence-electron chi connectivity index (χ1n) is 10.5. The number of carbonyl (C=O) groups excluding carboxylic acids is 1. The van der Waals surface area contributed by atoms with Gasteiger partial charge in [-0.15, -0.1) is 0 Å². The van der Waals surface area contributed by atoms with Crippen molar-refractivity contribution >= 4 is 33.3 Å². The highest BCUT2D eigenvalue weighted by molar-refractivity contribution is 7.89. The second-order valence-corrected chi connectivity index (χ2v) is 10.3. The lowest BCUT2D eigenvalue weighted by molar-refractivity contribution is 0.165. The lowest BCUT2D eigenvalue weighted by Gasteiger charge is -2.38. The molecular weight excluding hydrogens is 464 g/mol. The number of piperidine rings is 1. The molecule has 0 spiro atoms. The molecule has 0 radical (unpaired) electrons. The van der Waals surface area contributed by atoms with Crippen molar-refractivity contribution in [3.05, 3.63) is 77.3 Å². The summed E-state index contributed by atoms with van der Waals surface area (Å²) in [7, 11) is -3.42. The molecule has 3 heterocycles. The molecule has 2 unspecified atom stereocenters. The van der Waals surface area contributed by atoms with E-state index < -0.39 is 10.0 Å². The molecule has 4 rings (SSSR count). The Bertz CT molecular complexity index is 1200. The average Bonchev–Trinajstić information content (AvgIpc) is 3.25. The predicted octanol–water partition coefficient (Wildman–Crippen LogP) is 2.92. The molecule has 2 atom stereocenters. The predicted molar refractivity (Wildman–Crippen MR) is 127 cm³/mol. The Labute approximate surface area is 197 Å². The second-order valence-electron chi connectivity index (χ2n) is 8.05. The number of hydrogen-bond donors (Lipinski definition) is 2. The maximum absolute atomic E-state index is 12.6. The van der Waals surface area contributed by atoms with E-state index in [0.717, 1.165) is 21.7 Å². The zero-order valence-corrected chi connectivity index (χ0v) is 19.6. The van der Waals surface area contributed by atoms with Crippen LogP contribution in [0.2, 0.25) is 5.02 Å². The van der Waals surface area contributed by atoms with Crippen LogP contribution in [-0.4, -0.2) is 58.9 Å². The van der Waals surface area contributed by atoms with Gasteiger partial charge < -0.3 is 10.6 Å². The van der Waals surface area contributed by atoms with Crippen molar-refractivity contribution in [1.82, 2.24) is 24.4 Å². The summed E-state index contributed by atoms with van der Waals surface area (Å²) in [5.74, 6) is -0.0745. The summed E-state index contributed by atoms with van der Waals surface area (Å²) in [5.41, 5.74) is 2.21. The van der Waals surface area contributed by atoms with Gasteiger partial charge >= 0.3 is 6.03 Å². The Kier molecular flexibility index (Phi) is 6.96. The van der Waals surface area contributed by atoms with Gasteiger partial charge in [-0.05, 0) is 36.8 Å². The van der Waals surface area contributed by atoms with Crippen LogP contribution >= 0.6 is 11.6 Å². The van der Waals surface area contributed by atoms with Crippen molar-refractivity contribution in [1.29, 1.82) is 0 Å². The fraction of sp³-hybridized carbons (Fsp3) is 0.318. The lowest BCUT2D eigenvalue weighted by Crippen LogP contribution is -2.50. The highest BCUT2D eigenvalue weighted by atomic mass is 35.5. The minimum absolute atomic E-state index is 0.0745. The van der Waals surface area contributed by atoms with Crippen LogP contribution in [-0.2, 0) is 16.6 Å². The molecule has 1 aromatic carbocycles. The Balaban J connectivity index is 1.47. The second kappa shape index (κ2) is 9.90. The number of halogens is 1. The zero-order valence-electron chi connectivity index (χ0n) is 18.1. The molecule has 1 aliphatic heterocycles. The molecule has 2 N–H and O–H groups in total. The SMILES string of the molecule is CS(=O)(=O)n1ccc(CN2CCC(NC(=O)Nc3ccccc3)C(c3ccc(Cl)cn3)C2)n1. The van der Waals surface area contributed by atoms with Gasteiger partial charge in [0.05, 0.1) is 17.0 Å². The Morgan fingerprint density at radius 2 is 1.97 bits per heavy atom. The molecule has 0 bridgehead atoms. The van der Waals surface area contributed by atoms with Crippen LogP contribution in [0.4, 0.5) is 10.5 Å². The van der Waals surface area contributed by atoms with Gasteiger partial charge in [0.1, 0.15) is 0 Å². The van der Waals surface area contributed by atoms with Gasteiger partial charge in [-0.3, -0.25) is 9.88 Å². The molecule has 1 saturated heterocycles. The van der Waals surface area contributed by atoms with E-state index in [4.69, 9.17) is 11.6 Å². The van der Waals surface area contributed by atoms with E-state index in [1.54, 1.807) is 18.3 Å². The summed E-state index contributed by atoms with van der Waals surface area (Å²) >= 11 is 6.02. The van der Waals surface area contributed by atoms with Gasteiger partial charge in [0, 0.05) is 55.4 Å². The summed E-state index contributed by atoms with van der Waals surface area (Å²) < 4.78 is 24.4. The molecule has 33 heavy (non-hydrogen) atoms. The Morgan fingerprint density at radius 1 is 1.18 bits per heavy atom. The number of carbonyl (C=O) groups is 1. The van der Waals surface area contributed by atoms with Crippen molar-refractivity contribution in [2.45, 2.75) is 24.9 Å². The molecule has 0 aliphatic carbocycles. The maximum atomic E-state index is 12.6. The molecule has 2 aromatic heterocycles. The van der Waals surface area contributed by atoms with Crippen molar-refractivity contribution in [3.63, 3.8) is 0 Å². The third-order valence-electron chi connectivity index (χ3n) is 5.52. The number of likely N-dealkylation sites (tertiary alicyclic amines) is 1. The molecule has 3 aromatic rings. The molecular formula is C22H25ClN6O3S. The van der Waals surface area contributed by atoms with E-state index in [1.807, 2.05) is 36.4 Å². The minimum Gasteiger partial charge on any atom is -0.334 e. The number of pyridine rings is 1. The number of nitrogens with zero attached hydrogens (tertiary/aromatic N) is 4. The van der Waals surface area contributed by atoms with Gasteiger partial charge in [0.2, 0.25) is 0 Å². The molecule has 174 valence electrons. The molecule has 1 aliphatic rings. The van der Waals surface area contributed by atoms with Crippen LogP contribution in [0.25, 0.3) is 0 Å². The van der Waals surface area contributed by atoms with Gasteiger partial charge in [0.25, 0.3) is 10.0 Å². The topological polar surface area (TPSA) is 109 Å². The lowest BCUT2D eigenvalue weighted by atomic mass is 9.88. The molecule has 1 fully saturated rings. The minimum atomic E-state index is -3.42. The van der Waals surface area contributed by atoms with E-state index in [2.05, 4.69) is 25.6 Å². The first kappa shape index (κ1) is 23.2. The summed E-state index contributed by atoms with van der Waals surface area (Å²) in [6.07, 6.45) is 4.86. The summed E-state index contributed by atoms with van der Waals surface area (Å²) in [4.78, 5) is 19.3. The number of rotatable bonds is 6. The van der Waals surface area contributed by atoms with Crippen LogP contribution in [0.1, 0.15) is 23.7 Å². The third-order valence-corrected chi connectivity index (χ3v) is 6.63. The Hall–Kier alpha value is -2.95. The zero-order chi connectivity index (χ0) is 23.4. The monoisotopic (exact) mass is 488 g/mol. The van der Waals surface area contributed by atoms with Crippen LogP contribution in [0.5, 0.6) is 0 Å². The highest BCUT2D eigenvalue weighted by Crippen LogP contribution is 2.28. The van der Waals surface area contributed by atoms with Gasteiger partial charge in [-0.25, -0.2) is 13.2 Å². The largest absolute Gasteiger partial charge is 0.334 e. The van der Waals surface area contributed by atoms with Crippen molar-refractivity contribution in [2.24, 2.45) is 0 Å². The van der Waals surface area contributed by atoms with Crippen LogP contribution in [0.15, 0.2) is 60.9 Å². The van der Waals surface area contributed by atoms with Crippen LogP contribution in [0.3, 0.4) is 0 Å². The fourth-order valence-corrected chi connectivity index (χ4v) is 4.59. The quantitative estimate of drug-likeness (QED) is 0.552. The number of nitrogens with one attached hydrogen (secondary N) is 2. The van der Waals surface area contributed by atoms with E-state index in [9.17, 15) is 13.2 Å². The number of urea groups is 1. The first-order valence-corrected chi connectivity index (χ1v) is 12.7. The normalized spacial score (nSPS) is 19.2. The van der Waals surface area contributed by atoms with Crippen molar-refractivity contribution < 1.29 is 13.2 Å². The van der Waals surface area contributed by atoms with Crippen molar-refractivity contribution in [2.75, 3.05) is 24.7 Å². The third kappa shape index (κ3) is 6.10. The smallest absolute Gasteiger partial charge is 0.319 e. The molecule has 0 saturated carbocycles. The number of benzene rings is 1. The van der Waals surface area contributed by atoms with Crippen LogP contribution in [0, 0.1) is 0 Å². The maximum Gasteiger partial charge on any atom is 0.319 e. The summed E-state index contributed by atoms with van der Waals surface area (Å²) in [6, 6.07) is 14.2. The summed E-state index contributed by atoms with van der Waals surface area (Å²) in [5, 5.41) is 10.7. The molecule has 11 heteroatoms. The number of aromatic nitrogens is 3. The highest BCUT2D eigenvalue weighted by Gasteiger charge is 2.33. The number of anilines is 1. The molecule has 9 nitrogen and oxygen atoms in total. The fourth-order valence-electron chi connectivity index (χ4n) is 3.94. The van der Waals surface area contributed by atoms with Crippen LogP contribution < -0.4 is 10.6 Å². The number of para-hydroxylation sites is 1. The van der Waals surface area contributed by atoms with E-state index in [-0.39, 0.29) is 18.0 Å². The van der Waals surface area contributed by atoms with E-state index >= 15 is 0 Å². The number of amides is 2. The number of hydrogen-bond acceptors (Lipinski definition) is 6. The Morgan fingerprint density at radius 3 is 2.64 bits per heavy atom. The first-order chi connectivity index (χ1) is 15.8. The van der Waals surface area contributed by atoms with Gasteiger partial charge in [-0.1, -0.05) is 29.8 Å². The van der Waals surface area contributed by atoms with Crippen molar-refractivity contribution in [3.8, 4) is 0 Å².